The lowest BCUT2D eigenvalue weighted by Crippen LogP contribution is -2.52. The molecule has 0 radical (unpaired) electrons. The summed E-state index contributed by atoms with van der Waals surface area (Å²) in [5.41, 5.74) is 0.551. The Kier molecular flexibility index (Phi) is 2.49. The van der Waals surface area contributed by atoms with Crippen molar-refractivity contribution >= 4 is 5.78 Å². The van der Waals surface area contributed by atoms with Crippen LogP contribution in [0.2, 0.25) is 0 Å². The van der Waals surface area contributed by atoms with Gasteiger partial charge in [-0.25, -0.2) is 0 Å². The zero-order valence-corrected chi connectivity index (χ0v) is 8.95. The van der Waals surface area contributed by atoms with Crippen LogP contribution in [0.5, 0.6) is 5.75 Å². The van der Waals surface area contributed by atoms with Gasteiger partial charge in [-0.05, 0) is 24.6 Å². The molecular formula is C12H14O3. The molecule has 1 fully saturated rings. The third-order valence-corrected chi connectivity index (χ3v) is 2.99. The van der Waals surface area contributed by atoms with Crippen molar-refractivity contribution in [2.45, 2.75) is 12.3 Å². The molecule has 1 saturated heterocycles. The van der Waals surface area contributed by atoms with E-state index in [0.29, 0.717) is 13.2 Å². The summed E-state index contributed by atoms with van der Waals surface area (Å²) in [7, 11) is 1.62. The minimum atomic E-state index is -0.436. The van der Waals surface area contributed by atoms with Crippen molar-refractivity contribution in [3.8, 4) is 5.75 Å². The maximum absolute atomic E-state index is 11.6. The lowest BCUT2D eigenvalue weighted by atomic mass is 9.75. The zero-order valence-electron chi connectivity index (χ0n) is 8.95. The fraction of sp³-hybridized carbons (Fsp3) is 0.417. The lowest BCUT2D eigenvalue weighted by Gasteiger charge is -2.39. The molecule has 0 aromatic heterocycles. The number of ketones is 1. The minimum Gasteiger partial charge on any atom is -0.497 e. The highest BCUT2D eigenvalue weighted by atomic mass is 16.5. The molecule has 80 valence electrons. The Bertz CT molecular complexity index is 380. The Balaban J connectivity index is 2.38. The molecule has 1 aromatic carbocycles. The molecule has 0 N–H and O–H groups in total. The largest absolute Gasteiger partial charge is 0.497 e. The van der Waals surface area contributed by atoms with Crippen LogP contribution in [-0.4, -0.2) is 26.1 Å². The van der Waals surface area contributed by atoms with Crippen molar-refractivity contribution in [2.24, 2.45) is 0 Å². The maximum atomic E-state index is 11.6. The Morgan fingerprint density at radius 2 is 2.20 bits per heavy atom. The average Bonchev–Trinajstić information content (AvgIpc) is 2.16. The van der Waals surface area contributed by atoms with Crippen LogP contribution in [0.4, 0.5) is 0 Å². The van der Waals surface area contributed by atoms with E-state index >= 15 is 0 Å². The first-order valence-corrected chi connectivity index (χ1v) is 4.92. The molecule has 0 amide bonds. The number of ether oxygens (including phenoxy) is 2. The van der Waals surface area contributed by atoms with Crippen molar-refractivity contribution in [3.63, 3.8) is 0 Å². The van der Waals surface area contributed by atoms with Crippen molar-refractivity contribution in [3.05, 3.63) is 29.8 Å². The Hall–Kier alpha value is -1.35. The maximum Gasteiger partial charge on any atom is 0.145 e. The molecule has 0 atom stereocenters. The van der Waals surface area contributed by atoms with Crippen LogP contribution in [0, 0.1) is 0 Å². The van der Waals surface area contributed by atoms with Gasteiger partial charge in [0, 0.05) is 0 Å². The number of Topliss-reactive ketones (excluding diaryl/α,β-unsaturated/α-hetero) is 1. The van der Waals surface area contributed by atoms with Crippen LogP contribution in [0.1, 0.15) is 12.5 Å². The predicted molar refractivity (Wildman–Crippen MR) is 56.2 cm³/mol. The summed E-state index contributed by atoms with van der Waals surface area (Å²) in [6.07, 6.45) is 0. The van der Waals surface area contributed by atoms with E-state index in [4.69, 9.17) is 9.47 Å². The average molecular weight is 206 g/mol. The minimum absolute atomic E-state index is 0.155. The van der Waals surface area contributed by atoms with Gasteiger partial charge in [0.15, 0.2) is 0 Å². The normalized spacial score (nSPS) is 18.0. The van der Waals surface area contributed by atoms with Gasteiger partial charge in [-0.15, -0.1) is 0 Å². The molecule has 15 heavy (non-hydrogen) atoms. The van der Waals surface area contributed by atoms with Gasteiger partial charge in [-0.1, -0.05) is 12.1 Å². The van der Waals surface area contributed by atoms with Gasteiger partial charge in [-0.3, -0.25) is 4.79 Å². The smallest absolute Gasteiger partial charge is 0.145 e. The van der Waals surface area contributed by atoms with Gasteiger partial charge < -0.3 is 9.47 Å². The van der Waals surface area contributed by atoms with Crippen LogP contribution >= 0.6 is 0 Å². The van der Waals surface area contributed by atoms with E-state index in [-0.39, 0.29) is 5.78 Å². The first kappa shape index (κ1) is 10.2. The molecule has 3 nitrogen and oxygen atoms in total. The second-order valence-electron chi connectivity index (χ2n) is 3.86. The number of hydrogen-bond acceptors (Lipinski definition) is 3. The first-order chi connectivity index (χ1) is 7.19. The van der Waals surface area contributed by atoms with Crippen LogP contribution in [0.15, 0.2) is 24.3 Å². The lowest BCUT2D eigenvalue weighted by molar-refractivity contribution is -0.140. The summed E-state index contributed by atoms with van der Waals surface area (Å²) in [4.78, 5) is 11.6. The van der Waals surface area contributed by atoms with Crippen LogP contribution in [0.25, 0.3) is 0 Å². The van der Waals surface area contributed by atoms with Gasteiger partial charge in [0.05, 0.1) is 20.3 Å². The molecule has 1 aliphatic rings. The number of rotatable bonds is 3. The van der Waals surface area contributed by atoms with E-state index in [9.17, 15) is 4.79 Å². The molecule has 0 unspecified atom stereocenters. The molecule has 1 aliphatic heterocycles. The van der Waals surface area contributed by atoms with Crippen LogP contribution in [-0.2, 0) is 14.9 Å². The van der Waals surface area contributed by atoms with Crippen LogP contribution in [0.3, 0.4) is 0 Å². The Morgan fingerprint density at radius 1 is 1.47 bits per heavy atom. The highest BCUT2D eigenvalue weighted by Gasteiger charge is 2.44. The van der Waals surface area contributed by atoms with Crippen molar-refractivity contribution in [1.82, 2.24) is 0 Å². The van der Waals surface area contributed by atoms with Crippen molar-refractivity contribution in [2.75, 3.05) is 20.3 Å². The fourth-order valence-electron chi connectivity index (χ4n) is 1.80. The van der Waals surface area contributed by atoms with E-state index in [1.54, 1.807) is 14.0 Å². The van der Waals surface area contributed by atoms with Gasteiger partial charge in [0.25, 0.3) is 0 Å². The molecule has 0 spiro atoms. The van der Waals surface area contributed by atoms with Gasteiger partial charge >= 0.3 is 0 Å². The third-order valence-electron chi connectivity index (χ3n) is 2.99. The zero-order chi connectivity index (χ0) is 10.9. The third kappa shape index (κ3) is 1.53. The highest BCUT2D eigenvalue weighted by molar-refractivity contribution is 5.89. The quantitative estimate of drug-likeness (QED) is 0.752. The number of carbonyl (C=O) groups is 1. The first-order valence-electron chi connectivity index (χ1n) is 4.92. The summed E-state index contributed by atoms with van der Waals surface area (Å²) in [5, 5.41) is 0. The Morgan fingerprint density at radius 3 is 2.67 bits per heavy atom. The Labute approximate surface area is 89.0 Å². The summed E-state index contributed by atoms with van der Waals surface area (Å²) >= 11 is 0. The second-order valence-corrected chi connectivity index (χ2v) is 3.86. The summed E-state index contributed by atoms with van der Waals surface area (Å²) < 4.78 is 10.3. The molecular weight excluding hydrogens is 192 g/mol. The highest BCUT2D eigenvalue weighted by Crippen LogP contribution is 2.34. The SMILES string of the molecule is COc1cccc(C2(C(C)=O)COC2)c1. The standard InChI is InChI=1S/C12H14O3/c1-9(13)12(7-15-8-12)10-4-3-5-11(6-10)14-2/h3-6H,7-8H2,1-2H3. The molecule has 0 bridgehead atoms. The fourth-order valence-corrected chi connectivity index (χ4v) is 1.80. The van der Waals surface area contributed by atoms with E-state index in [0.717, 1.165) is 11.3 Å². The molecule has 1 aromatic rings. The molecule has 2 rings (SSSR count). The number of hydrogen-bond donors (Lipinski definition) is 0. The van der Waals surface area contributed by atoms with E-state index < -0.39 is 5.41 Å². The monoisotopic (exact) mass is 206 g/mol. The topological polar surface area (TPSA) is 35.5 Å². The summed E-state index contributed by atoms with van der Waals surface area (Å²) in [6.45, 7) is 2.58. The predicted octanol–water partition coefficient (Wildman–Crippen LogP) is 1.55. The number of methoxy groups -OCH3 is 1. The summed E-state index contributed by atoms with van der Waals surface area (Å²) in [6, 6.07) is 7.63. The van der Waals surface area contributed by atoms with Gasteiger partial charge in [-0.2, -0.15) is 0 Å². The molecule has 1 heterocycles. The van der Waals surface area contributed by atoms with Gasteiger partial charge in [0.2, 0.25) is 0 Å². The molecule has 0 aliphatic carbocycles. The van der Waals surface area contributed by atoms with Gasteiger partial charge in [0.1, 0.15) is 16.9 Å². The molecule has 3 heteroatoms. The van der Waals surface area contributed by atoms with E-state index in [1.165, 1.54) is 0 Å². The second kappa shape index (κ2) is 3.66. The van der Waals surface area contributed by atoms with E-state index in [1.807, 2.05) is 24.3 Å². The number of carbonyl (C=O) groups excluding carboxylic acids is 1. The summed E-state index contributed by atoms with van der Waals surface area (Å²) in [5.74, 6) is 0.932. The van der Waals surface area contributed by atoms with Crippen molar-refractivity contribution in [1.29, 1.82) is 0 Å². The van der Waals surface area contributed by atoms with Crippen molar-refractivity contribution < 1.29 is 14.3 Å². The molecule has 0 saturated carbocycles. The number of benzene rings is 1. The van der Waals surface area contributed by atoms with Crippen LogP contribution < -0.4 is 4.74 Å². The van der Waals surface area contributed by atoms with E-state index in [2.05, 4.69) is 0 Å².